The molecule has 1 unspecified atom stereocenters. The average Bonchev–Trinajstić information content (AvgIpc) is 2.63. The highest BCUT2D eigenvalue weighted by atomic mass is 35.5. The zero-order valence-corrected chi connectivity index (χ0v) is 16.7. The van der Waals surface area contributed by atoms with Crippen LogP contribution in [0.2, 0.25) is 5.02 Å². The van der Waals surface area contributed by atoms with E-state index in [-0.39, 0.29) is 24.7 Å². The number of ether oxygens (including phenoxy) is 3. The Morgan fingerprint density at radius 1 is 1.32 bits per heavy atom. The van der Waals surface area contributed by atoms with Crippen LogP contribution in [-0.4, -0.2) is 44.2 Å². The molecular formula is C19H24ClF2NO5. The lowest BCUT2D eigenvalue weighted by Crippen LogP contribution is -2.42. The molecule has 0 aliphatic carbocycles. The van der Waals surface area contributed by atoms with Gasteiger partial charge in [-0.1, -0.05) is 30.7 Å². The average molecular weight is 420 g/mol. The van der Waals surface area contributed by atoms with Gasteiger partial charge < -0.3 is 14.2 Å². The second-order valence-corrected chi connectivity index (χ2v) is 6.45. The van der Waals surface area contributed by atoms with Gasteiger partial charge in [0.1, 0.15) is 17.6 Å². The van der Waals surface area contributed by atoms with Crippen molar-refractivity contribution in [2.24, 2.45) is 0 Å². The lowest BCUT2D eigenvalue weighted by Gasteiger charge is -2.21. The Bertz CT molecular complexity index is 691. The molecule has 1 rings (SSSR count). The minimum atomic E-state index is -3.10. The number of benzene rings is 1. The number of para-hydroxylation sites is 1. The predicted molar refractivity (Wildman–Crippen MR) is 100 cm³/mol. The first-order valence-corrected chi connectivity index (χ1v) is 9.02. The number of hydrogen-bond acceptors (Lipinski definition) is 6. The molecule has 9 heteroatoms. The first-order valence-electron chi connectivity index (χ1n) is 8.65. The summed E-state index contributed by atoms with van der Waals surface area (Å²) in [6.45, 7) is 2.55. The molecule has 0 radical (unpaired) electrons. The van der Waals surface area contributed by atoms with E-state index in [2.05, 4.69) is 10.1 Å². The second kappa shape index (κ2) is 11.6. The van der Waals surface area contributed by atoms with E-state index >= 15 is 0 Å². The van der Waals surface area contributed by atoms with E-state index in [1.807, 2.05) is 6.92 Å². The molecule has 1 N–H and O–H groups in total. The van der Waals surface area contributed by atoms with E-state index in [4.69, 9.17) is 21.1 Å². The summed E-state index contributed by atoms with van der Waals surface area (Å²) in [5, 5.41) is 2.92. The number of methoxy groups -OCH3 is 1. The summed E-state index contributed by atoms with van der Waals surface area (Å²) in [6, 6.07) is 5.24. The third-order valence-corrected chi connectivity index (χ3v) is 3.69. The maximum Gasteiger partial charge on any atom is 0.334 e. The van der Waals surface area contributed by atoms with Crippen LogP contribution in [0.4, 0.5) is 8.78 Å². The Morgan fingerprint density at radius 3 is 2.57 bits per heavy atom. The van der Waals surface area contributed by atoms with Crippen LogP contribution in [0.3, 0.4) is 0 Å². The van der Waals surface area contributed by atoms with Crippen molar-refractivity contribution < 1.29 is 32.6 Å². The molecule has 0 bridgehead atoms. The van der Waals surface area contributed by atoms with Gasteiger partial charge in [-0.25, -0.2) is 13.6 Å². The van der Waals surface area contributed by atoms with Crippen molar-refractivity contribution in [1.29, 1.82) is 0 Å². The van der Waals surface area contributed by atoms with E-state index in [0.29, 0.717) is 18.4 Å². The third-order valence-electron chi connectivity index (χ3n) is 3.38. The maximum absolute atomic E-state index is 13.4. The van der Waals surface area contributed by atoms with Gasteiger partial charge in [0.2, 0.25) is 5.92 Å². The zero-order chi connectivity index (χ0) is 21.2. The van der Waals surface area contributed by atoms with Crippen LogP contribution in [0.15, 0.2) is 36.1 Å². The Morgan fingerprint density at radius 2 is 2.00 bits per heavy atom. The van der Waals surface area contributed by atoms with Gasteiger partial charge in [0, 0.05) is 6.42 Å². The fourth-order valence-electron chi connectivity index (χ4n) is 2.12. The van der Waals surface area contributed by atoms with E-state index in [9.17, 15) is 18.4 Å². The van der Waals surface area contributed by atoms with Gasteiger partial charge >= 0.3 is 11.9 Å². The summed E-state index contributed by atoms with van der Waals surface area (Å²) >= 11 is 6.05. The molecule has 1 aromatic rings. The van der Waals surface area contributed by atoms with E-state index < -0.39 is 30.3 Å². The lowest BCUT2D eigenvalue weighted by atomic mass is 10.1. The SMILES string of the molecule is CCCOC(=O)C=C(CNC(CC(C)(F)F)C(=O)OC)Oc1ccccc1Cl. The topological polar surface area (TPSA) is 73.9 Å². The molecule has 0 aromatic heterocycles. The van der Waals surface area contributed by atoms with Crippen molar-refractivity contribution in [2.45, 2.75) is 38.7 Å². The number of esters is 2. The van der Waals surface area contributed by atoms with Crippen LogP contribution in [0, 0.1) is 0 Å². The molecule has 0 amide bonds. The summed E-state index contributed by atoms with van der Waals surface area (Å²) in [7, 11) is 1.10. The number of carbonyl (C=O) groups is 2. The van der Waals surface area contributed by atoms with Crippen LogP contribution in [-0.2, 0) is 19.1 Å². The number of rotatable bonds is 11. The van der Waals surface area contributed by atoms with Crippen LogP contribution in [0.1, 0.15) is 26.7 Å². The van der Waals surface area contributed by atoms with Gasteiger partial charge in [-0.3, -0.25) is 10.1 Å². The summed E-state index contributed by atoms with van der Waals surface area (Å²) in [4.78, 5) is 23.7. The van der Waals surface area contributed by atoms with Gasteiger partial charge in [0.25, 0.3) is 0 Å². The monoisotopic (exact) mass is 419 g/mol. The Kier molecular flexibility index (Phi) is 9.89. The summed E-state index contributed by atoms with van der Waals surface area (Å²) < 4.78 is 41.9. The van der Waals surface area contributed by atoms with E-state index in [1.165, 1.54) is 0 Å². The smallest absolute Gasteiger partial charge is 0.334 e. The number of nitrogens with one attached hydrogen (secondary N) is 1. The number of carbonyl (C=O) groups excluding carboxylic acids is 2. The Hall–Kier alpha value is -2.19. The molecule has 0 spiro atoms. The van der Waals surface area contributed by atoms with Crippen LogP contribution >= 0.6 is 11.6 Å². The van der Waals surface area contributed by atoms with Crippen molar-refractivity contribution in [3.8, 4) is 5.75 Å². The maximum atomic E-state index is 13.4. The standard InChI is InChI=1S/C19H24ClF2NO5/c1-4-9-27-17(24)10-13(28-16-8-6-5-7-14(16)20)12-23-15(18(25)26-3)11-19(2,21)22/h5-8,10,15,23H,4,9,11-12H2,1-3H3. The molecule has 0 aliphatic rings. The summed E-state index contributed by atoms with van der Waals surface area (Å²) in [6.07, 6.45) is 0.929. The zero-order valence-electron chi connectivity index (χ0n) is 16.0. The molecular weight excluding hydrogens is 396 g/mol. The van der Waals surface area contributed by atoms with Gasteiger partial charge in [0.15, 0.2) is 0 Å². The van der Waals surface area contributed by atoms with E-state index in [1.54, 1.807) is 24.3 Å². The van der Waals surface area contributed by atoms with Gasteiger partial charge in [0.05, 0.1) is 31.4 Å². The van der Waals surface area contributed by atoms with Crippen LogP contribution < -0.4 is 10.1 Å². The van der Waals surface area contributed by atoms with Gasteiger partial charge in [-0.15, -0.1) is 0 Å². The minimum Gasteiger partial charge on any atom is -0.468 e. The van der Waals surface area contributed by atoms with Crippen molar-refractivity contribution in [2.75, 3.05) is 20.3 Å². The van der Waals surface area contributed by atoms with Crippen LogP contribution in [0.5, 0.6) is 5.75 Å². The normalized spacial score (nSPS) is 13.0. The predicted octanol–water partition coefficient (Wildman–Crippen LogP) is 3.73. The first kappa shape index (κ1) is 23.8. The molecule has 1 aromatic carbocycles. The molecule has 0 heterocycles. The minimum absolute atomic E-state index is 0.0440. The molecule has 0 saturated heterocycles. The van der Waals surface area contributed by atoms with Crippen molar-refractivity contribution in [3.05, 3.63) is 41.1 Å². The number of hydrogen-bond donors (Lipinski definition) is 1. The number of alkyl halides is 2. The van der Waals surface area contributed by atoms with Crippen molar-refractivity contribution in [1.82, 2.24) is 5.32 Å². The van der Waals surface area contributed by atoms with Gasteiger partial charge in [-0.2, -0.15) is 0 Å². The highest BCUT2D eigenvalue weighted by Crippen LogP contribution is 2.25. The molecule has 1 atom stereocenters. The van der Waals surface area contributed by atoms with Gasteiger partial charge in [-0.05, 0) is 25.5 Å². The molecule has 0 aliphatic heterocycles. The molecule has 156 valence electrons. The highest BCUT2D eigenvalue weighted by molar-refractivity contribution is 6.32. The van der Waals surface area contributed by atoms with Crippen molar-refractivity contribution >= 4 is 23.5 Å². The Labute approximate surface area is 167 Å². The lowest BCUT2D eigenvalue weighted by molar-refractivity contribution is -0.145. The Balaban J connectivity index is 2.96. The summed E-state index contributed by atoms with van der Waals surface area (Å²) in [5.41, 5.74) is 0. The fourth-order valence-corrected chi connectivity index (χ4v) is 2.30. The third kappa shape index (κ3) is 9.14. The highest BCUT2D eigenvalue weighted by Gasteiger charge is 2.31. The fraction of sp³-hybridized carbons (Fsp3) is 0.474. The van der Waals surface area contributed by atoms with Crippen molar-refractivity contribution in [3.63, 3.8) is 0 Å². The molecule has 0 saturated carbocycles. The quantitative estimate of drug-likeness (QED) is 0.334. The first-order chi connectivity index (χ1) is 13.2. The van der Waals surface area contributed by atoms with E-state index in [0.717, 1.165) is 13.2 Å². The van der Waals surface area contributed by atoms with Crippen LogP contribution in [0.25, 0.3) is 0 Å². The summed E-state index contributed by atoms with van der Waals surface area (Å²) in [5.74, 6) is -4.31. The molecule has 0 fully saturated rings. The molecule has 28 heavy (non-hydrogen) atoms. The largest absolute Gasteiger partial charge is 0.468 e. The molecule has 6 nitrogen and oxygen atoms in total. The number of halogens is 3. The second-order valence-electron chi connectivity index (χ2n) is 6.04.